The third kappa shape index (κ3) is 5.07. The summed E-state index contributed by atoms with van der Waals surface area (Å²) in [7, 11) is 3.41. The Hall–Kier alpha value is -3.95. The fraction of sp³-hybridized carbons (Fsp3) is 0.250. The number of carbonyl (C=O) groups excluding carboxylic acids is 1. The number of aromatic nitrogens is 6. The van der Waals surface area contributed by atoms with E-state index in [1.807, 2.05) is 43.8 Å². The highest BCUT2D eigenvalue weighted by Crippen LogP contribution is 2.35. The average molecular weight is 565 g/mol. The highest BCUT2D eigenvalue weighted by Gasteiger charge is 2.23. The van der Waals surface area contributed by atoms with Gasteiger partial charge in [0.2, 0.25) is 0 Å². The van der Waals surface area contributed by atoms with E-state index in [1.165, 1.54) is 22.4 Å². The van der Waals surface area contributed by atoms with Gasteiger partial charge in [0, 0.05) is 46.8 Å². The van der Waals surface area contributed by atoms with E-state index >= 15 is 0 Å². The monoisotopic (exact) mass is 564 g/mol. The van der Waals surface area contributed by atoms with E-state index in [0.717, 1.165) is 22.2 Å². The highest BCUT2D eigenvalue weighted by molar-refractivity contribution is 6.31. The summed E-state index contributed by atoms with van der Waals surface area (Å²) in [6.07, 6.45) is 3.76. The van der Waals surface area contributed by atoms with Crippen molar-refractivity contribution >= 4 is 39.9 Å². The number of ketones is 1. The van der Waals surface area contributed by atoms with Gasteiger partial charge in [0.15, 0.2) is 10.9 Å². The molecule has 0 radical (unpaired) electrons. The maximum absolute atomic E-state index is 13.5. The summed E-state index contributed by atoms with van der Waals surface area (Å²) in [5.41, 5.74) is 4.14. The van der Waals surface area contributed by atoms with Gasteiger partial charge >= 0.3 is 0 Å². The molecule has 9 nitrogen and oxygen atoms in total. The lowest BCUT2D eigenvalue weighted by Gasteiger charge is -2.20. The number of methoxy groups -OCH3 is 1. The largest absolute Gasteiger partial charge is 0.495 e. The number of carbonyl (C=O) groups is 1. The van der Waals surface area contributed by atoms with Gasteiger partial charge < -0.3 is 9.30 Å². The molecule has 200 valence electrons. The van der Waals surface area contributed by atoms with Crippen molar-refractivity contribution in [2.45, 2.75) is 32.7 Å². The van der Waals surface area contributed by atoms with Crippen molar-refractivity contribution in [3.63, 3.8) is 0 Å². The number of Topliss-reactive ketones (excluding diaryl/α,β-unsaturated/α-hetero) is 1. The third-order valence-corrected chi connectivity index (χ3v) is 7.30. The van der Waals surface area contributed by atoms with Gasteiger partial charge in [0.05, 0.1) is 36.7 Å². The van der Waals surface area contributed by atoms with Crippen LogP contribution in [0.2, 0.25) is 10.2 Å². The Kier molecular flexibility index (Phi) is 7.29. The molecule has 0 saturated carbocycles. The lowest BCUT2D eigenvalue weighted by atomic mass is 9.99. The zero-order valence-corrected chi connectivity index (χ0v) is 23.4. The van der Waals surface area contributed by atoms with Gasteiger partial charge in [-0.25, -0.2) is 4.68 Å². The highest BCUT2D eigenvalue weighted by atomic mass is 35.5. The summed E-state index contributed by atoms with van der Waals surface area (Å²) < 4.78 is 10.5. The first-order valence-corrected chi connectivity index (χ1v) is 13.1. The standard InChI is InChI=1S/C28H26Cl2N6O3/c1-5-23(25(37)11-17-6-8-22-19(10-17)16(2)34(3)32-22)35-14-26(39-4)21(13-28(35)38)20-12-18(29)7-9-24(20)36-15-27(30)31-33-36/h6-10,12-15,23H,5,11H2,1-4H3. The number of fused-ring (bicyclic) bond motifs is 1. The van der Waals surface area contributed by atoms with Crippen LogP contribution in [0.1, 0.15) is 30.6 Å². The molecule has 5 rings (SSSR count). The van der Waals surface area contributed by atoms with Crippen molar-refractivity contribution in [3.05, 3.63) is 86.6 Å². The second-order valence-electron chi connectivity index (χ2n) is 9.28. The summed E-state index contributed by atoms with van der Waals surface area (Å²) in [4.78, 5) is 26.9. The minimum Gasteiger partial charge on any atom is -0.495 e. The van der Waals surface area contributed by atoms with Gasteiger partial charge in [-0.3, -0.25) is 14.3 Å². The zero-order valence-electron chi connectivity index (χ0n) is 21.9. The molecule has 2 aromatic carbocycles. The van der Waals surface area contributed by atoms with Crippen molar-refractivity contribution in [2.75, 3.05) is 7.11 Å². The molecular weight excluding hydrogens is 539 g/mol. The van der Waals surface area contributed by atoms with Crippen LogP contribution in [0.4, 0.5) is 0 Å². The van der Waals surface area contributed by atoms with Crippen LogP contribution in [0.15, 0.2) is 59.7 Å². The molecule has 5 aromatic rings. The van der Waals surface area contributed by atoms with Crippen molar-refractivity contribution < 1.29 is 9.53 Å². The first-order chi connectivity index (χ1) is 18.7. The van der Waals surface area contributed by atoms with Gasteiger partial charge in [-0.1, -0.05) is 41.4 Å². The Bertz CT molecular complexity index is 1770. The summed E-state index contributed by atoms with van der Waals surface area (Å²) >= 11 is 12.3. The number of halogens is 2. The second kappa shape index (κ2) is 10.7. The number of ether oxygens (including phenoxy) is 1. The van der Waals surface area contributed by atoms with Gasteiger partial charge in [-0.05, 0) is 49.2 Å². The third-order valence-electron chi connectivity index (χ3n) is 6.89. The maximum atomic E-state index is 13.5. The summed E-state index contributed by atoms with van der Waals surface area (Å²) in [5.74, 6) is 0.332. The normalized spacial score (nSPS) is 12.2. The number of hydrogen-bond acceptors (Lipinski definition) is 6. The number of aryl methyl sites for hydroxylation is 2. The van der Waals surface area contributed by atoms with Crippen molar-refractivity contribution in [2.24, 2.45) is 7.05 Å². The molecule has 0 fully saturated rings. The molecule has 0 aliphatic rings. The number of hydrogen-bond donors (Lipinski definition) is 0. The van der Waals surface area contributed by atoms with Crippen LogP contribution < -0.4 is 10.3 Å². The molecule has 3 aromatic heterocycles. The van der Waals surface area contributed by atoms with E-state index in [1.54, 1.807) is 30.6 Å². The fourth-order valence-electron chi connectivity index (χ4n) is 4.81. The SMILES string of the molecule is CCC(C(=O)Cc1ccc2nn(C)c(C)c2c1)n1cc(OC)c(-c2cc(Cl)ccc2-n2cc(Cl)nn2)cc1=O. The topological polar surface area (TPSA) is 96.8 Å². The second-order valence-corrected chi connectivity index (χ2v) is 10.1. The predicted octanol–water partition coefficient (Wildman–Crippen LogP) is 5.37. The quantitative estimate of drug-likeness (QED) is 0.251. The molecule has 0 aliphatic heterocycles. The van der Waals surface area contributed by atoms with Crippen LogP contribution in [0.25, 0.3) is 27.7 Å². The minimum atomic E-state index is -0.668. The first-order valence-electron chi connectivity index (χ1n) is 12.3. The molecule has 1 atom stereocenters. The van der Waals surface area contributed by atoms with Crippen LogP contribution in [0.3, 0.4) is 0 Å². The molecule has 0 aliphatic carbocycles. The van der Waals surface area contributed by atoms with Gasteiger partial charge in [-0.2, -0.15) is 5.10 Å². The molecule has 39 heavy (non-hydrogen) atoms. The molecule has 3 heterocycles. The van der Waals surface area contributed by atoms with Crippen LogP contribution in [-0.4, -0.2) is 42.2 Å². The molecule has 0 bridgehead atoms. The van der Waals surface area contributed by atoms with Crippen LogP contribution in [-0.2, 0) is 18.3 Å². The number of benzene rings is 2. The van der Waals surface area contributed by atoms with Crippen molar-refractivity contribution in [1.29, 1.82) is 0 Å². The van der Waals surface area contributed by atoms with E-state index in [4.69, 9.17) is 27.9 Å². The van der Waals surface area contributed by atoms with Crippen LogP contribution in [0, 0.1) is 6.92 Å². The average Bonchev–Trinajstić information content (AvgIpc) is 3.47. The Morgan fingerprint density at radius 3 is 2.56 bits per heavy atom. The predicted molar refractivity (Wildman–Crippen MR) is 151 cm³/mol. The van der Waals surface area contributed by atoms with E-state index in [-0.39, 0.29) is 22.9 Å². The maximum Gasteiger partial charge on any atom is 0.252 e. The van der Waals surface area contributed by atoms with Gasteiger partial charge in [0.25, 0.3) is 5.56 Å². The molecule has 0 amide bonds. The Balaban J connectivity index is 1.52. The van der Waals surface area contributed by atoms with Gasteiger partial charge in [-0.15, -0.1) is 5.10 Å². The molecule has 0 saturated heterocycles. The van der Waals surface area contributed by atoms with Crippen molar-refractivity contribution in [3.8, 4) is 22.6 Å². The zero-order chi connectivity index (χ0) is 27.8. The van der Waals surface area contributed by atoms with E-state index < -0.39 is 6.04 Å². The lowest BCUT2D eigenvalue weighted by molar-refractivity contribution is -0.121. The summed E-state index contributed by atoms with van der Waals surface area (Å²) in [5, 5.41) is 14.1. The molecule has 1 unspecified atom stereocenters. The van der Waals surface area contributed by atoms with Crippen molar-refractivity contribution in [1.82, 2.24) is 29.3 Å². The number of rotatable bonds is 8. The van der Waals surface area contributed by atoms with E-state index in [9.17, 15) is 9.59 Å². The summed E-state index contributed by atoms with van der Waals surface area (Å²) in [6.45, 7) is 3.87. The van der Waals surface area contributed by atoms with Gasteiger partial charge in [0.1, 0.15) is 5.75 Å². The summed E-state index contributed by atoms with van der Waals surface area (Å²) in [6, 6.07) is 11.8. The molecule has 0 N–H and O–H groups in total. The van der Waals surface area contributed by atoms with E-state index in [0.29, 0.717) is 34.0 Å². The number of nitrogens with zero attached hydrogens (tertiary/aromatic N) is 6. The first kappa shape index (κ1) is 26.6. The Morgan fingerprint density at radius 1 is 1.08 bits per heavy atom. The molecule has 11 heteroatoms. The van der Waals surface area contributed by atoms with Crippen LogP contribution >= 0.6 is 23.2 Å². The molecule has 0 spiro atoms. The Morgan fingerprint density at radius 2 is 1.87 bits per heavy atom. The van der Waals surface area contributed by atoms with Crippen LogP contribution in [0.5, 0.6) is 5.75 Å². The molecular formula is C28H26Cl2N6O3. The Labute approximate surface area is 234 Å². The lowest BCUT2D eigenvalue weighted by Crippen LogP contribution is -2.30. The smallest absolute Gasteiger partial charge is 0.252 e. The fourth-order valence-corrected chi connectivity index (χ4v) is 5.11. The minimum absolute atomic E-state index is 0.0731. The van der Waals surface area contributed by atoms with E-state index in [2.05, 4.69) is 15.4 Å². The number of pyridine rings is 1.